The normalized spacial score (nSPS) is 18.3. The number of aliphatic hydroxyl groups is 1. The van der Waals surface area contributed by atoms with Gasteiger partial charge in [0, 0.05) is 19.2 Å². The number of carbonyl (C=O) groups is 1. The molecule has 0 aromatic heterocycles. The smallest absolute Gasteiger partial charge is 0.257 e. The number of hydrogen-bond acceptors (Lipinski definition) is 4. The molecule has 2 rings (SSSR count). The largest absolute Gasteiger partial charge is 0.508 e. The Kier molecular flexibility index (Phi) is 3.95. The number of aromatic hydroxyl groups is 2. The van der Waals surface area contributed by atoms with Crippen molar-refractivity contribution in [3.8, 4) is 11.5 Å². The number of carbonyl (C=O) groups excluding carboxylic acids is 1. The Morgan fingerprint density at radius 1 is 1.32 bits per heavy atom. The summed E-state index contributed by atoms with van der Waals surface area (Å²) in [6.45, 7) is 2.93. The van der Waals surface area contributed by atoms with E-state index in [2.05, 4.69) is 0 Å². The second kappa shape index (κ2) is 5.48. The maximum absolute atomic E-state index is 12.2. The average Bonchev–Trinajstić information content (AvgIpc) is 2.38. The number of benzene rings is 1. The van der Waals surface area contributed by atoms with Gasteiger partial charge in [0.15, 0.2) is 0 Å². The number of hydrogen-bond donors (Lipinski definition) is 3. The number of rotatable bonds is 2. The predicted molar refractivity (Wildman–Crippen MR) is 70.1 cm³/mol. The molecule has 1 aromatic rings. The first-order chi connectivity index (χ1) is 8.99. The minimum Gasteiger partial charge on any atom is -0.508 e. The second-order valence-corrected chi connectivity index (χ2v) is 5.07. The highest BCUT2D eigenvalue weighted by atomic mass is 16.3. The first-order valence-corrected chi connectivity index (χ1v) is 6.48. The molecule has 1 amide bonds. The molecule has 0 spiro atoms. The van der Waals surface area contributed by atoms with E-state index in [1.807, 2.05) is 0 Å². The Balaban J connectivity index is 2.05. The lowest BCUT2D eigenvalue weighted by Gasteiger charge is -2.33. The summed E-state index contributed by atoms with van der Waals surface area (Å²) in [5.41, 5.74) is 0.202. The van der Waals surface area contributed by atoms with Gasteiger partial charge in [-0.3, -0.25) is 4.79 Å². The van der Waals surface area contributed by atoms with Crippen LogP contribution in [0.4, 0.5) is 0 Å². The molecule has 1 unspecified atom stereocenters. The number of nitrogens with zero attached hydrogens (tertiary/aromatic N) is 1. The molecule has 1 aliphatic rings. The molecule has 0 aliphatic carbocycles. The molecule has 1 aromatic carbocycles. The van der Waals surface area contributed by atoms with Crippen LogP contribution in [-0.4, -0.2) is 45.3 Å². The van der Waals surface area contributed by atoms with Gasteiger partial charge in [-0.05, 0) is 37.8 Å². The van der Waals surface area contributed by atoms with Crippen LogP contribution in [0.3, 0.4) is 0 Å². The molecule has 1 saturated heterocycles. The Morgan fingerprint density at radius 2 is 1.95 bits per heavy atom. The van der Waals surface area contributed by atoms with Gasteiger partial charge in [0.25, 0.3) is 5.91 Å². The molecule has 0 radical (unpaired) electrons. The summed E-state index contributed by atoms with van der Waals surface area (Å²) in [7, 11) is 0. The van der Waals surface area contributed by atoms with Crippen molar-refractivity contribution in [1.29, 1.82) is 0 Å². The van der Waals surface area contributed by atoms with Crippen LogP contribution in [0.15, 0.2) is 18.2 Å². The monoisotopic (exact) mass is 265 g/mol. The van der Waals surface area contributed by atoms with Crippen molar-refractivity contribution >= 4 is 5.91 Å². The zero-order valence-electron chi connectivity index (χ0n) is 10.9. The van der Waals surface area contributed by atoms with E-state index in [4.69, 9.17) is 0 Å². The van der Waals surface area contributed by atoms with Crippen molar-refractivity contribution in [2.24, 2.45) is 5.92 Å². The summed E-state index contributed by atoms with van der Waals surface area (Å²) in [4.78, 5) is 13.9. The molecule has 104 valence electrons. The summed E-state index contributed by atoms with van der Waals surface area (Å²) in [6, 6.07) is 3.97. The molecule has 0 saturated carbocycles. The summed E-state index contributed by atoms with van der Waals surface area (Å²) in [5, 5.41) is 28.4. The number of phenolic OH excluding ortho intramolecular Hbond substituents is 2. The zero-order chi connectivity index (χ0) is 14.0. The standard InChI is InChI=1S/C14H19NO4/c1-9(16)10-4-6-15(7-5-10)14(19)12-3-2-11(17)8-13(12)18/h2-3,8-10,16-18H,4-7H2,1H3. The van der Waals surface area contributed by atoms with Gasteiger partial charge in [-0.2, -0.15) is 0 Å². The molecule has 1 fully saturated rings. The number of likely N-dealkylation sites (tertiary alicyclic amines) is 1. The van der Waals surface area contributed by atoms with Crippen LogP contribution in [0, 0.1) is 5.92 Å². The van der Waals surface area contributed by atoms with Gasteiger partial charge < -0.3 is 20.2 Å². The molecule has 0 bridgehead atoms. The zero-order valence-corrected chi connectivity index (χ0v) is 10.9. The van der Waals surface area contributed by atoms with Crippen LogP contribution in [0.2, 0.25) is 0 Å². The van der Waals surface area contributed by atoms with E-state index in [1.54, 1.807) is 11.8 Å². The van der Waals surface area contributed by atoms with Crippen LogP contribution in [-0.2, 0) is 0 Å². The summed E-state index contributed by atoms with van der Waals surface area (Å²) in [6.07, 6.45) is 1.18. The lowest BCUT2D eigenvalue weighted by atomic mass is 9.92. The van der Waals surface area contributed by atoms with Crippen molar-refractivity contribution < 1.29 is 20.1 Å². The van der Waals surface area contributed by atoms with Crippen LogP contribution in [0.1, 0.15) is 30.1 Å². The topological polar surface area (TPSA) is 81.0 Å². The van der Waals surface area contributed by atoms with E-state index in [0.717, 1.165) is 18.9 Å². The predicted octanol–water partition coefficient (Wildman–Crippen LogP) is 1.33. The van der Waals surface area contributed by atoms with E-state index in [9.17, 15) is 20.1 Å². The summed E-state index contributed by atoms with van der Waals surface area (Å²) < 4.78 is 0. The summed E-state index contributed by atoms with van der Waals surface area (Å²) in [5.74, 6) is -0.275. The molecular formula is C14H19NO4. The molecule has 3 N–H and O–H groups in total. The Bertz CT molecular complexity index is 465. The van der Waals surface area contributed by atoms with Gasteiger partial charge in [0.05, 0.1) is 11.7 Å². The van der Waals surface area contributed by atoms with Gasteiger partial charge in [0.2, 0.25) is 0 Å². The van der Waals surface area contributed by atoms with Crippen molar-refractivity contribution in [1.82, 2.24) is 4.90 Å². The van der Waals surface area contributed by atoms with E-state index in [1.165, 1.54) is 12.1 Å². The molecule has 1 heterocycles. The first-order valence-electron chi connectivity index (χ1n) is 6.48. The van der Waals surface area contributed by atoms with Gasteiger partial charge in [-0.15, -0.1) is 0 Å². The second-order valence-electron chi connectivity index (χ2n) is 5.07. The Morgan fingerprint density at radius 3 is 2.47 bits per heavy atom. The minimum atomic E-state index is -0.348. The average molecular weight is 265 g/mol. The van der Waals surface area contributed by atoms with E-state index in [0.29, 0.717) is 13.1 Å². The Labute approximate surface area is 112 Å². The highest BCUT2D eigenvalue weighted by Gasteiger charge is 2.27. The van der Waals surface area contributed by atoms with Crippen molar-refractivity contribution in [2.75, 3.05) is 13.1 Å². The van der Waals surface area contributed by atoms with E-state index < -0.39 is 0 Å². The van der Waals surface area contributed by atoms with Crippen molar-refractivity contribution in [3.63, 3.8) is 0 Å². The molecule has 1 aliphatic heterocycles. The lowest BCUT2D eigenvalue weighted by Crippen LogP contribution is -2.40. The minimum absolute atomic E-state index is 0.0677. The van der Waals surface area contributed by atoms with Gasteiger partial charge in [-0.25, -0.2) is 0 Å². The third kappa shape index (κ3) is 2.98. The fourth-order valence-electron chi connectivity index (χ4n) is 2.46. The van der Waals surface area contributed by atoms with Crippen molar-refractivity contribution in [3.05, 3.63) is 23.8 Å². The molecule has 5 heteroatoms. The number of aliphatic hydroxyl groups excluding tert-OH is 1. The fraction of sp³-hybridized carbons (Fsp3) is 0.500. The molecule has 19 heavy (non-hydrogen) atoms. The number of phenols is 2. The van der Waals surface area contributed by atoms with Crippen LogP contribution < -0.4 is 0 Å². The van der Waals surface area contributed by atoms with Gasteiger partial charge in [0.1, 0.15) is 11.5 Å². The third-order valence-corrected chi connectivity index (χ3v) is 3.72. The third-order valence-electron chi connectivity index (χ3n) is 3.72. The lowest BCUT2D eigenvalue weighted by molar-refractivity contribution is 0.0519. The van der Waals surface area contributed by atoms with Crippen LogP contribution >= 0.6 is 0 Å². The molecule has 5 nitrogen and oxygen atoms in total. The maximum atomic E-state index is 12.2. The van der Waals surface area contributed by atoms with Crippen molar-refractivity contribution in [2.45, 2.75) is 25.9 Å². The first kappa shape index (κ1) is 13.7. The SMILES string of the molecule is CC(O)C1CCN(C(=O)c2ccc(O)cc2O)CC1. The van der Waals surface area contributed by atoms with Crippen LogP contribution in [0.5, 0.6) is 11.5 Å². The maximum Gasteiger partial charge on any atom is 0.257 e. The highest BCUT2D eigenvalue weighted by Crippen LogP contribution is 2.26. The molecule has 1 atom stereocenters. The van der Waals surface area contributed by atoms with Gasteiger partial charge in [-0.1, -0.05) is 0 Å². The number of amides is 1. The van der Waals surface area contributed by atoms with E-state index in [-0.39, 0.29) is 35.0 Å². The number of piperidine rings is 1. The highest BCUT2D eigenvalue weighted by molar-refractivity contribution is 5.97. The summed E-state index contributed by atoms with van der Waals surface area (Å²) >= 11 is 0. The Hall–Kier alpha value is -1.75. The molecular weight excluding hydrogens is 246 g/mol. The quantitative estimate of drug-likeness (QED) is 0.753. The van der Waals surface area contributed by atoms with E-state index >= 15 is 0 Å². The van der Waals surface area contributed by atoms with Crippen LogP contribution in [0.25, 0.3) is 0 Å². The fourth-order valence-corrected chi connectivity index (χ4v) is 2.46. The van der Waals surface area contributed by atoms with Gasteiger partial charge >= 0.3 is 0 Å².